The van der Waals surface area contributed by atoms with Gasteiger partial charge in [-0.2, -0.15) is 0 Å². The van der Waals surface area contributed by atoms with Crippen LogP contribution in [0.5, 0.6) is 5.75 Å². The molecule has 1 atom stereocenters. The Morgan fingerprint density at radius 3 is 2.54 bits per heavy atom. The number of likely N-dealkylation sites (tertiary alicyclic amines) is 1. The third-order valence-corrected chi connectivity index (χ3v) is 5.49. The van der Waals surface area contributed by atoms with E-state index in [2.05, 4.69) is 33.0 Å². The predicted octanol–water partition coefficient (Wildman–Crippen LogP) is 4.25. The van der Waals surface area contributed by atoms with Gasteiger partial charge in [-0.15, -0.1) is 0 Å². The summed E-state index contributed by atoms with van der Waals surface area (Å²) in [5, 5.41) is 0. The van der Waals surface area contributed by atoms with Crippen LogP contribution in [0.3, 0.4) is 0 Å². The van der Waals surface area contributed by atoms with Crippen LogP contribution in [-0.4, -0.2) is 43.0 Å². The van der Waals surface area contributed by atoms with Gasteiger partial charge in [0.2, 0.25) is 5.91 Å². The number of likely N-dealkylation sites (N-methyl/N-ethyl adjacent to an activating group) is 1. The summed E-state index contributed by atoms with van der Waals surface area (Å²) in [5.41, 5.74) is 2.39. The molecule has 1 amide bonds. The van der Waals surface area contributed by atoms with E-state index in [1.165, 1.54) is 5.56 Å². The van der Waals surface area contributed by atoms with Gasteiger partial charge in [0.05, 0.1) is 13.7 Å². The molecule has 1 aliphatic rings. The van der Waals surface area contributed by atoms with Crippen molar-refractivity contribution in [3.8, 4) is 5.75 Å². The highest BCUT2D eigenvalue weighted by atomic mass is 79.9. The van der Waals surface area contributed by atoms with Gasteiger partial charge in [0, 0.05) is 24.1 Å². The SMILES string of the molecule is COc1ccc(C2CCCN2CC(=O)N(C)Cc2ccc(Br)cc2)cc1. The molecule has 0 saturated carbocycles. The first-order valence-corrected chi connectivity index (χ1v) is 9.72. The topological polar surface area (TPSA) is 32.8 Å². The lowest BCUT2D eigenvalue weighted by Crippen LogP contribution is -2.37. The molecule has 1 saturated heterocycles. The lowest BCUT2D eigenvalue weighted by atomic mass is 10.0. The molecule has 0 N–H and O–H groups in total. The molecular formula is C21H25BrN2O2. The maximum absolute atomic E-state index is 12.7. The first kappa shape index (κ1) is 18.9. The number of ether oxygens (including phenoxy) is 1. The van der Waals surface area contributed by atoms with E-state index in [0.29, 0.717) is 19.1 Å². The van der Waals surface area contributed by atoms with Crippen molar-refractivity contribution in [1.29, 1.82) is 0 Å². The normalized spacial score (nSPS) is 17.3. The number of halogens is 1. The van der Waals surface area contributed by atoms with Gasteiger partial charge in [0.1, 0.15) is 5.75 Å². The minimum absolute atomic E-state index is 0.160. The molecule has 3 rings (SSSR count). The minimum Gasteiger partial charge on any atom is -0.497 e. The maximum Gasteiger partial charge on any atom is 0.236 e. The summed E-state index contributed by atoms with van der Waals surface area (Å²) in [5.74, 6) is 1.02. The fourth-order valence-electron chi connectivity index (χ4n) is 3.47. The zero-order valence-electron chi connectivity index (χ0n) is 15.3. The predicted molar refractivity (Wildman–Crippen MR) is 107 cm³/mol. The van der Waals surface area contributed by atoms with E-state index in [1.807, 2.05) is 48.3 Å². The first-order valence-electron chi connectivity index (χ1n) is 8.93. The minimum atomic E-state index is 0.160. The molecule has 0 aliphatic carbocycles. The van der Waals surface area contributed by atoms with E-state index >= 15 is 0 Å². The summed E-state index contributed by atoms with van der Waals surface area (Å²) in [6.45, 7) is 2.06. The molecular weight excluding hydrogens is 392 g/mol. The third-order valence-electron chi connectivity index (χ3n) is 4.96. The fourth-order valence-corrected chi connectivity index (χ4v) is 3.73. The van der Waals surface area contributed by atoms with Crippen LogP contribution in [-0.2, 0) is 11.3 Å². The molecule has 2 aromatic rings. The second kappa shape index (κ2) is 8.69. The van der Waals surface area contributed by atoms with Crippen molar-refractivity contribution >= 4 is 21.8 Å². The van der Waals surface area contributed by atoms with E-state index < -0.39 is 0 Å². The van der Waals surface area contributed by atoms with Crippen molar-refractivity contribution in [2.75, 3.05) is 27.2 Å². The Morgan fingerprint density at radius 2 is 1.88 bits per heavy atom. The van der Waals surface area contributed by atoms with Crippen LogP contribution in [0.15, 0.2) is 53.0 Å². The van der Waals surface area contributed by atoms with Crippen molar-refractivity contribution < 1.29 is 9.53 Å². The number of hydrogen-bond acceptors (Lipinski definition) is 3. The molecule has 0 radical (unpaired) electrons. The molecule has 0 aromatic heterocycles. The van der Waals surface area contributed by atoms with Gasteiger partial charge < -0.3 is 9.64 Å². The number of hydrogen-bond donors (Lipinski definition) is 0. The molecule has 1 aliphatic heterocycles. The third kappa shape index (κ3) is 4.65. The van der Waals surface area contributed by atoms with E-state index in [1.54, 1.807) is 7.11 Å². The van der Waals surface area contributed by atoms with Crippen molar-refractivity contribution in [2.45, 2.75) is 25.4 Å². The maximum atomic E-state index is 12.7. The molecule has 0 spiro atoms. The van der Waals surface area contributed by atoms with Crippen molar-refractivity contribution in [3.05, 3.63) is 64.1 Å². The second-order valence-electron chi connectivity index (χ2n) is 6.78. The summed E-state index contributed by atoms with van der Waals surface area (Å²) in [4.78, 5) is 16.8. The lowest BCUT2D eigenvalue weighted by Gasteiger charge is -2.27. The summed E-state index contributed by atoms with van der Waals surface area (Å²) in [6, 6.07) is 16.6. The Labute approximate surface area is 163 Å². The van der Waals surface area contributed by atoms with E-state index in [4.69, 9.17) is 4.74 Å². The smallest absolute Gasteiger partial charge is 0.236 e. The van der Waals surface area contributed by atoms with E-state index in [-0.39, 0.29) is 5.91 Å². The molecule has 26 heavy (non-hydrogen) atoms. The standard InChI is InChI=1S/C21H25BrN2O2/c1-23(14-16-5-9-18(22)10-6-16)21(25)15-24-13-3-4-20(24)17-7-11-19(26-2)12-8-17/h5-12,20H,3-4,13-15H2,1-2H3. The van der Waals surface area contributed by atoms with Gasteiger partial charge in [-0.25, -0.2) is 0 Å². The molecule has 4 nitrogen and oxygen atoms in total. The molecule has 2 aromatic carbocycles. The molecule has 1 unspecified atom stereocenters. The first-order chi connectivity index (χ1) is 12.6. The van der Waals surface area contributed by atoms with Gasteiger partial charge in [-0.05, 0) is 54.8 Å². The molecule has 1 fully saturated rings. The number of methoxy groups -OCH3 is 1. The quantitative estimate of drug-likeness (QED) is 0.705. The Morgan fingerprint density at radius 1 is 1.19 bits per heavy atom. The second-order valence-corrected chi connectivity index (χ2v) is 7.69. The summed E-state index contributed by atoms with van der Waals surface area (Å²) >= 11 is 3.44. The average molecular weight is 417 g/mol. The molecule has 1 heterocycles. The highest BCUT2D eigenvalue weighted by molar-refractivity contribution is 9.10. The summed E-state index contributed by atoms with van der Waals surface area (Å²) in [7, 11) is 3.56. The zero-order chi connectivity index (χ0) is 18.5. The van der Waals surface area contributed by atoms with Crippen LogP contribution in [0.1, 0.15) is 30.0 Å². The molecule has 138 valence electrons. The number of carbonyl (C=O) groups is 1. The summed E-state index contributed by atoms with van der Waals surface area (Å²) < 4.78 is 6.29. The largest absolute Gasteiger partial charge is 0.497 e. The Kier molecular flexibility index (Phi) is 6.33. The number of benzene rings is 2. The van der Waals surface area contributed by atoms with Gasteiger partial charge in [-0.3, -0.25) is 9.69 Å². The van der Waals surface area contributed by atoms with Gasteiger partial charge in [0.15, 0.2) is 0 Å². The molecule has 5 heteroatoms. The van der Waals surface area contributed by atoms with E-state index in [9.17, 15) is 4.79 Å². The lowest BCUT2D eigenvalue weighted by molar-refractivity contribution is -0.131. The highest BCUT2D eigenvalue weighted by Gasteiger charge is 2.28. The molecule has 0 bridgehead atoms. The Bertz CT molecular complexity index is 731. The number of rotatable bonds is 6. The van der Waals surface area contributed by atoms with Crippen LogP contribution in [0.2, 0.25) is 0 Å². The van der Waals surface area contributed by atoms with Crippen LogP contribution in [0, 0.1) is 0 Å². The monoisotopic (exact) mass is 416 g/mol. The van der Waals surface area contributed by atoms with Crippen molar-refractivity contribution in [3.63, 3.8) is 0 Å². The van der Waals surface area contributed by atoms with Crippen molar-refractivity contribution in [1.82, 2.24) is 9.80 Å². The highest BCUT2D eigenvalue weighted by Crippen LogP contribution is 2.32. The van der Waals surface area contributed by atoms with Crippen LogP contribution in [0.25, 0.3) is 0 Å². The van der Waals surface area contributed by atoms with Crippen LogP contribution >= 0.6 is 15.9 Å². The average Bonchev–Trinajstić information content (AvgIpc) is 3.11. The van der Waals surface area contributed by atoms with Gasteiger partial charge in [0.25, 0.3) is 0 Å². The Balaban J connectivity index is 1.60. The Hall–Kier alpha value is -1.85. The van der Waals surface area contributed by atoms with Crippen LogP contribution < -0.4 is 4.74 Å². The van der Waals surface area contributed by atoms with Crippen LogP contribution in [0.4, 0.5) is 0 Å². The van der Waals surface area contributed by atoms with E-state index in [0.717, 1.165) is 35.2 Å². The fraction of sp³-hybridized carbons (Fsp3) is 0.381. The van der Waals surface area contributed by atoms with Crippen molar-refractivity contribution in [2.24, 2.45) is 0 Å². The van der Waals surface area contributed by atoms with Gasteiger partial charge >= 0.3 is 0 Å². The van der Waals surface area contributed by atoms with Gasteiger partial charge in [-0.1, -0.05) is 40.2 Å². The number of nitrogens with zero attached hydrogens (tertiary/aromatic N) is 2. The zero-order valence-corrected chi connectivity index (χ0v) is 16.9. The number of carbonyl (C=O) groups excluding carboxylic acids is 1. The number of amides is 1. The summed E-state index contributed by atoms with van der Waals surface area (Å²) in [6.07, 6.45) is 2.22.